The minimum absolute atomic E-state index is 0.0128. The highest BCUT2D eigenvalue weighted by Gasteiger charge is 2.10. The van der Waals surface area contributed by atoms with Crippen LogP contribution in [0, 0.1) is 5.82 Å². The van der Waals surface area contributed by atoms with E-state index in [1.54, 1.807) is 12.1 Å². The van der Waals surface area contributed by atoms with Gasteiger partial charge in [-0.2, -0.15) is 0 Å². The second-order valence-electron chi connectivity index (χ2n) is 4.62. The predicted molar refractivity (Wildman–Crippen MR) is 76.6 cm³/mol. The van der Waals surface area contributed by atoms with Crippen molar-refractivity contribution >= 4 is 11.6 Å². The largest absolute Gasteiger partial charge is 0.489 e. The molecule has 0 spiro atoms. The lowest BCUT2D eigenvalue weighted by Crippen LogP contribution is -2.14. The summed E-state index contributed by atoms with van der Waals surface area (Å²) in [7, 11) is 0. The van der Waals surface area contributed by atoms with Crippen LogP contribution in [0.4, 0.5) is 10.1 Å². The lowest BCUT2D eigenvalue weighted by atomic mass is 10.2. The molecule has 0 aromatic heterocycles. The van der Waals surface area contributed by atoms with Crippen molar-refractivity contribution in [3.8, 4) is 5.75 Å². The SMILES string of the molecule is CC(C)Oc1ccccc1NC(=O)c1ccc(F)cc1. The van der Waals surface area contributed by atoms with Crippen LogP contribution in [-0.4, -0.2) is 12.0 Å². The summed E-state index contributed by atoms with van der Waals surface area (Å²) in [6.07, 6.45) is 0.0128. The molecule has 0 aliphatic rings. The summed E-state index contributed by atoms with van der Waals surface area (Å²) < 4.78 is 18.5. The van der Waals surface area contributed by atoms with Crippen molar-refractivity contribution in [2.24, 2.45) is 0 Å². The van der Waals surface area contributed by atoms with E-state index in [9.17, 15) is 9.18 Å². The summed E-state index contributed by atoms with van der Waals surface area (Å²) in [5.74, 6) is -0.0622. The van der Waals surface area contributed by atoms with Crippen molar-refractivity contribution in [1.29, 1.82) is 0 Å². The molecule has 0 fully saturated rings. The molecular formula is C16H16FNO2. The highest BCUT2D eigenvalue weighted by molar-refractivity contribution is 6.04. The first-order valence-corrected chi connectivity index (χ1v) is 6.39. The van der Waals surface area contributed by atoms with Crippen molar-refractivity contribution < 1.29 is 13.9 Å². The van der Waals surface area contributed by atoms with Crippen LogP contribution in [0.1, 0.15) is 24.2 Å². The van der Waals surface area contributed by atoms with Crippen molar-refractivity contribution in [2.45, 2.75) is 20.0 Å². The lowest BCUT2D eigenvalue weighted by molar-refractivity contribution is 0.102. The van der Waals surface area contributed by atoms with Gasteiger partial charge in [-0.15, -0.1) is 0 Å². The smallest absolute Gasteiger partial charge is 0.255 e. The predicted octanol–water partition coefficient (Wildman–Crippen LogP) is 3.87. The maximum Gasteiger partial charge on any atom is 0.255 e. The molecule has 0 unspecified atom stereocenters. The average Bonchev–Trinajstić information content (AvgIpc) is 2.41. The van der Waals surface area contributed by atoms with Gasteiger partial charge < -0.3 is 10.1 Å². The van der Waals surface area contributed by atoms with Gasteiger partial charge in [0.05, 0.1) is 11.8 Å². The number of carbonyl (C=O) groups excluding carboxylic acids is 1. The summed E-state index contributed by atoms with van der Waals surface area (Å²) >= 11 is 0. The molecule has 3 nitrogen and oxygen atoms in total. The molecule has 4 heteroatoms. The molecule has 1 N–H and O–H groups in total. The first-order chi connectivity index (χ1) is 9.56. The summed E-state index contributed by atoms with van der Waals surface area (Å²) in [5.41, 5.74) is 0.987. The van der Waals surface area contributed by atoms with Gasteiger partial charge in [-0.3, -0.25) is 4.79 Å². The van der Waals surface area contributed by atoms with E-state index in [-0.39, 0.29) is 17.8 Å². The molecule has 0 bridgehead atoms. The quantitative estimate of drug-likeness (QED) is 0.918. The van der Waals surface area contributed by atoms with Gasteiger partial charge in [-0.25, -0.2) is 4.39 Å². The second kappa shape index (κ2) is 6.19. The number of para-hydroxylation sites is 2. The molecule has 0 aliphatic carbocycles. The van der Waals surface area contributed by atoms with Gasteiger partial charge in [0.1, 0.15) is 11.6 Å². The number of halogens is 1. The summed E-state index contributed by atoms with van der Waals surface area (Å²) in [6.45, 7) is 3.83. The molecule has 0 heterocycles. The summed E-state index contributed by atoms with van der Waals surface area (Å²) in [6, 6.07) is 12.6. The van der Waals surface area contributed by atoms with Gasteiger partial charge in [0, 0.05) is 5.56 Å². The Morgan fingerprint density at radius 2 is 1.75 bits per heavy atom. The highest BCUT2D eigenvalue weighted by Crippen LogP contribution is 2.25. The van der Waals surface area contributed by atoms with E-state index in [4.69, 9.17) is 4.74 Å². The van der Waals surface area contributed by atoms with Crippen LogP contribution >= 0.6 is 0 Å². The zero-order chi connectivity index (χ0) is 14.5. The second-order valence-corrected chi connectivity index (χ2v) is 4.62. The Bertz CT molecular complexity index is 594. The summed E-state index contributed by atoms with van der Waals surface area (Å²) in [4.78, 5) is 12.1. The fraction of sp³-hybridized carbons (Fsp3) is 0.188. The molecule has 2 aromatic carbocycles. The number of benzene rings is 2. The number of anilines is 1. The van der Waals surface area contributed by atoms with Gasteiger partial charge in [0.2, 0.25) is 0 Å². The van der Waals surface area contributed by atoms with Gasteiger partial charge in [-0.1, -0.05) is 12.1 Å². The third-order valence-corrected chi connectivity index (χ3v) is 2.60. The lowest BCUT2D eigenvalue weighted by Gasteiger charge is -2.14. The third-order valence-electron chi connectivity index (χ3n) is 2.60. The topological polar surface area (TPSA) is 38.3 Å². The maximum atomic E-state index is 12.8. The highest BCUT2D eigenvalue weighted by atomic mass is 19.1. The Balaban J connectivity index is 2.17. The molecule has 1 amide bonds. The number of hydrogen-bond acceptors (Lipinski definition) is 2. The molecule has 0 saturated carbocycles. The minimum Gasteiger partial charge on any atom is -0.489 e. The van der Waals surface area contributed by atoms with Crippen molar-refractivity contribution in [3.05, 3.63) is 59.9 Å². The number of carbonyl (C=O) groups is 1. The fourth-order valence-electron chi connectivity index (χ4n) is 1.72. The van der Waals surface area contributed by atoms with Gasteiger partial charge >= 0.3 is 0 Å². The van der Waals surface area contributed by atoms with Gasteiger partial charge in [0.15, 0.2) is 0 Å². The van der Waals surface area contributed by atoms with Crippen LogP contribution in [-0.2, 0) is 0 Å². The van der Waals surface area contributed by atoms with Crippen LogP contribution in [0.5, 0.6) is 5.75 Å². The van der Waals surface area contributed by atoms with E-state index in [2.05, 4.69) is 5.32 Å². The average molecular weight is 273 g/mol. The first kappa shape index (κ1) is 14.1. The van der Waals surface area contributed by atoms with E-state index in [0.717, 1.165) is 0 Å². The van der Waals surface area contributed by atoms with E-state index in [0.29, 0.717) is 17.0 Å². The maximum absolute atomic E-state index is 12.8. The molecule has 20 heavy (non-hydrogen) atoms. The molecule has 0 atom stereocenters. The van der Waals surface area contributed by atoms with Crippen molar-refractivity contribution in [2.75, 3.05) is 5.32 Å². The normalized spacial score (nSPS) is 10.4. The number of ether oxygens (including phenoxy) is 1. The minimum atomic E-state index is -0.370. The van der Waals surface area contributed by atoms with Crippen LogP contribution in [0.3, 0.4) is 0 Å². The van der Waals surface area contributed by atoms with Crippen molar-refractivity contribution in [3.63, 3.8) is 0 Å². The zero-order valence-corrected chi connectivity index (χ0v) is 11.4. The van der Waals surface area contributed by atoms with Crippen LogP contribution in [0.15, 0.2) is 48.5 Å². The number of amides is 1. The van der Waals surface area contributed by atoms with E-state index >= 15 is 0 Å². The molecule has 0 aliphatic heterocycles. The standard InChI is InChI=1S/C16H16FNO2/c1-11(2)20-15-6-4-3-5-14(15)18-16(19)12-7-9-13(17)10-8-12/h3-11H,1-2H3,(H,18,19). The molecule has 2 aromatic rings. The van der Waals surface area contributed by atoms with E-state index in [1.165, 1.54) is 24.3 Å². The van der Waals surface area contributed by atoms with Gasteiger partial charge in [0.25, 0.3) is 5.91 Å². The Kier molecular flexibility index (Phi) is 4.35. The number of rotatable bonds is 4. The van der Waals surface area contributed by atoms with Gasteiger partial charge in [-0.05, 0) is 50.2 Å². The van der Waals surface area contributed by atoms with Crippen LogP contribution in [0.25, 0.3) is 0 Å². The first-order valence-electron chi connectivity index (χ1n) is 6.39. The Hall–Kier alpha value is -2.36. The molecule has 104 valence electrons. The fourth-order valence-corrected chi connectivity index (χ4v) is 1.72. The van der Waals surface area contributed by atoms with Crippen LogP contribution in [0.2, 0.25) is 0 Å². The number of nitrogens with one attached hydrogen (secondary N) is 1. The number of hydrogen-bond donors (Lipinski definition) is 1. The third kappa shape index (κ3) is 3.57. The van der Waals surface area contributed by atoms with Crippen LogP contribution < -0.4 is 10.1 Å². The van der Waals surface area contributed by atoms with E-state index in [1.807, 2.05) is 26.0 Å². The Morgan fingerprint density at radius 1 is 1.10 bits per heavy atom. The van der Waals surface area contributed by atoms with E-state index < -0.39 is 0 Å². The molecule has 2 rings (SSSR count). The van der Waals surface area contributed by atoms with Crippen molar-refractivity contribution in [1.82, 2.24) is 0 Å². The Labute approximate surface area is 117 Å². The molecule has 0 radical (unpaired) electrons. The molecular weight excluding hydrogens is 257 g/mol. The monoisotopic (exact) mass is 273 g/mol. The summed E-state index contributed by atoms with van der Waals surface area (Å²) in [5, 5.41) is 2.77. The zero-order valence-electron chi connectivity index (χ0n) is 11.4. The Morgan fingerprint density at radius 3 is 2.40 bits per heavy atom. The molecule has 0 saturated heterocycles.